The number of likely N-dealkylation sites (tertiary alicyclic amines) is 1. The zero-order valence-corrected chi connectivity index (χ0v) is 7.56. The monoisotopic (exact) mass is 195 g/mol. The summed E-state index contributed by atoms with van der Waals surface area (Å²) < 4.78 is 36.0. The summed E-state index contributed by atoms with van der Waals surface area (Å²) in [4.78, 5) is 11.7. The Morgan fingerprint density at radius 2 is 1.92 bits per heavy atom. The maximum Gasteiger partial charge on any atom is 0.471 e. The SMILES string of the molecule is CC1CC(C)N(C(=O)C(F)(F)F)C1. The minimum atomic E-state index is -4.72. The van der Waals surface area contributed by atoms with Crippen LogP contribution in [0.5, 0.6) is 0 Å². The van der Waals surface area contributed by atoms with E-state index in [1.54, 1.807) is 6.92 Å². The van der Waals surface area contributed by atoms with Crippen molar-refractivity contribution in [3.8, 4) is 0 Å². The second-order valence-corrected chi connectivity index (χ2v) is 3.65. The highest BCUT2D eigenvalue weighted by Gasteiger charge is 2.46. The number of amides is 1. The molecule has 0 radical (unpaired) electrons. The lowest BCUT2D eigenvalue weighted by molar-refractivity contribution is -0.186. The van der Waals surface area contributed by atoms with Crippen LogP contribution in [0.25, 0.3) is 0 Å². The summed E-state index contributed by atoms with van der Waals surface area (Å²) in [6.45, 7) is 3.72. The van der Waals surface area contributed by atoms with Gasteiger partial charge in [0.25, 0.3) is 0 Å². The maximum absolute atomic E-state index is 12.0. The first-order valence-corrected chi connectivity index (χ1v) is 4.20. The van der Waals surface area contributed by atoms with Crippen LogP contribution in [0.4, 0.5) is 13.2 Å². The van der Waals surface area contributed by atoms with Crippen LogP contribution in [0, 0.1) is 5.92 Å². The van der Waals surface area contributed by atoms with Crippen LogP contribution in [-0.2, 0) is 4.79 Å². The minimum Gasteiger partial charge on any atom is -0.332 e. The number of halogens is 3. The van der Waals surface area contributed by atoms with Crippen molar-refractivity contribution in [1.29, 1.82) is 0 Å². The van der Waals surface area contributed by atoms with Crippen LogP contribution in [0.3, 0.4) is 0 Å². The van der Waals surface area contributed by atoms with Crippen LogP contribution in [-0.4, -0.2) is 29.6 Å². The first-order chi connectivity index (χ1) is 5.82. The average Bonchev–Trinajstić information content (AvgIpc) is 2.26. The van der Waals surface area contributed by atoms with Gasteiger partial charge in [-0.25, -0.2) is 0 Å². The number of hydrogen-bond donors (Lipinski definition) is 0. The van der Waals surface area contributed by atoms with Crippen molar-refractivity contribution in [2.75, 3.05) is 6.54 Å². The molecule has 2 nitrogen and oxygen atoms in total. The molecule has 0 N–H and O–H groups in total. The first kappa shape index (κ1) is 10.3. The van der Waals surface area contributed by atoms with E-state index in [2.05, 4.69) is 0 Å². The Hall–Kier alpha value is -0.740. The lowest BCUT2D eigenvalue weighted by Crippen LogP contribution is -2.42. The van der Waals surface area contributed by atoms with E-state index in [-0.39, 0.29) is 18.5 Å². The van der Waals surface area contributed by atoms with E-state index in [0.717, 1.165) is 4.90 Å². The van der Waals surface area contributed by atoms with Gasteiger partial charge >= 0.3 is 12.1 Å². The molecule has 0 bridgehead atoms. The summed E-state index contributed by atoms with van der Waals surface area (Å²) in [6.07, 6.45) is -4.07. The normalized spacial score (nSPS) is 29.5. The third-order valence-corrected chi connectivity index (χ3v) is 2.29. The second kappa shape index (κ2) is 3.20. The van der Waals surface area contributed by atoms with Crippen molar-refractivity contribution < 1.29 is 18.0 Å². The molecule has 1 saturated heterocycles. The molecule has 0 aromatic heterocycles. The number of carbonyl (C=O) groups excluding carboxylic acids is 1. The molecule has 1 amide bonds. The molecule has 1 heterocycles. The fraction of sp³-hybridized carbons (Fsp3) is 0.875. The molecule has 13 heavy (non-hydrogen) atoms. The molecular formula is C8H12F3NO. The maximum atomic E-state index is 12.0. The van der Waals surface area contributed by atoms with Gasteiger partial charge < -0.3 is 4.90 Å². The highest BCUT2D eigenvalue weighted by atomic mass is 19.4. The molecule has 76 valence electrons. The van der Waals surface area contributed by atoms with Gasteiger partial charge in [-0.05, 0) is 19.3 Å². The van der Waals surface area contributed by atoms with Crippen molar-refractivity contribution in [2.24, 2.45) is 5.92 Å². The zero-order valence-electron chi connectivity index (χ0n) is 7.56. The molecule has 1 aliphatic heterocycles. The summed E-state index contributed by atoms with van der Waals surface area (Å²) in [5.41, 5.74) is 0. The fourth-order valence-electron chi connectivity index (χ4n) is 1.75. The molecule has 5 heteroatoms. The van der Waals surface area contributed by atoms with E-state index in [9.17, 15) is 18.0 Å². The summed E-state index contributed by atoms with van der Waals surface area (Å²) in [5, 5.41) is 0. The van der Waals surface area contributed by atoms with Crippen LogP contribution in [0.1, 0.15) is 20.3 Å². The van der Waals surface area contributed by atoms with Crippen molar-refractivity contribution in [1.82, 2.24) is 4.90 Å². The van der Waals surface area contributed by atoms with Gasteiger partial charge in [0.1, 0.15) is 0 Å². The Kier molecular flexibility index (Phi) is 2.54. The fourth-order valence-corrected chi connectivity index (χ4v) is 1.75. The molecule has 1 fully saturated rings. The van der Waals surface area contributed by atoms with E-state index in [4.69, 9.17) is 0 Å². The number of carbonyl (C=O) groups is 1. The summed E-state index contributed by atoms with van der Waals surface area (Å²) in [6, 6.07) is -0.288. The van der Waals surface area contributed by atoms with E-state index < -0.39 is 12.1 Å². The van der Waals surface area contributed by atoms with Crippen LogP contribution >= 0.6 is 0 Å². The van der Waals surface area contributed by atoms with Crippen molar-refractivity contribution in [3.05, 3.63) is 0 Å². The van der Waals surface area contributed by atoms with Gasteiger partial charge in [0.15, 0.2) is 0 Å². The molecule has 2 atom stereocenters. The van der Waals surface area contributed by atoms with E-state index in [1.807, 2.05) is 6.92 Å². The number of hydrogen-bond acceptors (Lipinski definition) is 1. The quantitative estimate of drug-likeness (QED) is 0.577. The molecule has 0 aliphatic carbocycles. The number of nitrogens with zero attached hydrogens (tertiary/aromatic N) is 1. The van der Waals surface area contributed by atoms with E-state index in [1.165, 1.54) is 0 Å². The van der Waals surface area contributed by atoms with Gasteiger partial charge in [-0.15, -0.1) is 0 Å². The van der Waals surface area contributed by atoms with Gasteiger partial charge in [0.05, 0.1) is 0 Å². The molecule has 1 aliphatic rings. The predicted octanol–water partition coefficient (Wildman–Crippen LogP) is 1.81. The Balaban J connectivity index is 2.68. The Morgan fingerprint density at radius 3 is 2.23 bits per heavy atom. The van der Waals surface area contributed by atoms with Gasteiger partial charge in [-0.3, -0.25) is 4.79 Å². The summed E-state index contributed by atoms with van der Waals surface area (Å²) >= 11 is 0. The predicted molar refractivity (Wildman–Crippen MR) is 41.0 cm³/mol. The third kappa shape index (κ3) is 2.14. The third-order valence-electron chi connectivity index (χ3n) is 2.29. The molecule has 0 aromatic carbocycles. The van der Waals surface area contributed by atoms with E-state index in [0.29, 0.717) is 6.42 Å². The first-order valence-electron chi connectivity index (χ1n) is 4.20. The zero-order chi connectivity index (χ0) is 10.2. The Labute approximate surface area is 74.7 Å². The van der Waals surface area contributed by atoms with Crippen molar-refractivity contribution >= 4 is 5.91 Å². The highest BCUT2D eigenvalue weighted by molar-refractivity contribution is 5.82. The second-order valence-electron chi connectivity index (χ2n) is 3.65. The largest absolute Gasteiger partial charge is 0.471 e. The van der Waals surface area contributed by atoms with Crippen molar-refractivity contribution in [2.45, 2.75) is 32.5 Å². The average molecular weight is 195 g/mol. The lowest BCUT2D eigenvalue weighted by atomic mass is 10.1. The summed E-state index contributed by atoms with van der Waals surface area (Å²) in [5.74, 6) is -1.54. The van der Waals surface area contributed by atoms with Gasteiger partial charge in [-0.2, -0.15) is 13.2 Å². The molecule has 0 aromatic rings. The van der Waals surface area contributed by atoms with Crippen LogP contribution < -0.4 is 0 Å². The van der Waals surface area contributed by atoms with Gasteiger partial charge in [0.2, 0.25) is 0 Å². The highest BCUT2D eigenvalue weighted by Crippen LogP contribution is 2.27. The molecule has 0 spiro atoms. The number of rotatable bonds is 0. The van der Waals surface area contributed by atoms with Gasteiger partial charge in [0, 0.05) is 12.6 Å². The molecular weight excluding hydrogens is 183 g/mol. The molecule has 0 saturated carbocycles. The Morgan fingerprint density at radius 1 is 1.38 bits per heavy atom. The van der Waals surface area contributed by atoms with E-state index >= 15 is 0 Å². The standard InChI is InChI=1S/C8H12F3NO/c1-5-3-6(2)12(4-5)7(13)8(9,10)11/h5-6H,3-4H2,1-2H3. The lowest BCUT2D eigenvalue weighted by Gasteiger charge is -2.22. The Bertz CT molecular complexity index is 214. The van der Waals surface area contributed by atoms with Crippen LogP contribution in [0.15, 0.2) is 0 Å². The number of alkyl halides is 3. The molecule has 1 rings (SSSR count). The molecule has 2 unspecified atom stereocenters. The van der Waals surface area contributed by atoms with Crippen LogP contribution in [0.2, 0.25) is 0 Å². The topological polar surface area (TPSA) is 20.3 Å². The smallest absolute Gasteiger partial charge is 0.332 e. The summed E-state index contributed by atoms with van der Waals surface area (Å²) in [7, 11) is 0. The van der Waals surface area contributed by atoms with Crippen molar-refractivity contribution in [3.63, 3.8) is 0 Å². The minimum absolute atomic E-state index is 0.168. The van der Waals surface area contributed by atoms with Gasteiger partial charge in [-0.1, -0.05) is 6.92 Å².